The maximum atomic E-state index is 12.1. The molecule has 1 aliphatic rings. The first-order chi connectivity index (χ1) is 9.49. The van der Waals surface area contributed by atoms with Gasteiger partial charge in [-0.2, -0.15) is 0 Å². The van der Waals surface area contributed by atoms with E-state index in [1.165, 1.54) is 32.6 Å². The second-order valence-electron chi connectivity index (χ2n) is 6.00. The minimum absolute atomic E-state index is 0.0224. The molecule has 20 heavy (non-hydrogen) atoms. The number of hydrogen-bond acceptors (Lipinski definition) is 3. The summed E-state index contributed by atoms with van der Waals surface area (Å²) < 4.78 is 0. The van der Waals surface area contributed by atoms with Crippen LogP contribution in [-0.2, 0) is 9.59 Å². The molecule has 0 aromatic heterocycles. The molecule has 1 aliphatic carbocycles. The highest BCUT2D eigenvalue weighted by Gasteiger charge is 2.18. The third kappa shape index (κ3) is 6.89. The molecule has 0 aromatic carbocycles. The maximum Gasteiger partial charge on any atom is 0.239 e. The van der Waals surface area contributed by atoms with E-state index in [9.17, 15) is 9.59 Å². The van der Waals surface area contributed by atoms with E-state index in [0.29, 0.717) is 12.6 Å². The number of carbonyl (C=O) groups excluding carboxylic acids is 2. The highest BCUT2D eigenvalue weighted by atomic mass is 16.2. The van der Waals surface area contributed by atoms with Gasteiger partial charge in [0.2, 0.25) is 11.8 Å². The minimum Gasteiger partial charge on any atom is -0.352 e. The van der Waals surface area contributed by atoms with Gasteiger partial charge in [0.15, 0.2) is 0 Å². The Labute approximate surface area is 122 Å². The van der Waals surface area contributed by atoms with Crippen molar-refractivity contribution in [1.82, 2.24) is 15.1 Å². The Kier molecular flexibility index (Phi) is 7.59. The van der Waals surface area contributed by atoms with Crippen LogP contribution in [0.4, 0.5) is 0 Å². The Hall–Kier alpha value is -1.10. The molecule has 0 radical (unpaired) electrons. The van der Waals surface area contributed by atoms with Crippen LogP contribution in [0, 0.1) is 0 Å². The number of likely N-dealkylation sites (N-methyl/N-ethyl adjacent to an activating group) is 1. The smallest absolute Gasteiger partial charge is 0.239 e. The van der Waals surface area contributed by atoms with Gasteiger partial charge in [-0.25, -0.2) is 0 Å². The lowest BCUT2D eigenvalue weighted by atomic mass is 10.1. The normalized spacial score (nSPS) is 16.8. The standard InChI is InChI=1S/C15H29N3O2/c1-13(19)18(11-10-17(2)3)12-15(20)16-14-8-6-4-5-7-9-14/h14H,4-12H2,1-3H3,(H,16,20). The zero-order valence-electron chi connectivity index (χ0n) is 13.2. The molecule has 0 saturated heterocycles. The fourth-order valence-electron chi connectivity index (χ4n) is 2.54. The van der Waals surface area contributed by atoms with Gasteiger partial charge >= 0.3 is 0 Å². The molecule has 0 bridgehead atoms. The van der Waals surface area contributed by atoms with Gasteiger partial charge in [-0.05, 0) is 26.9 Å². The van der Waals surface area contributed by atoms with Gasteiger partial charge in [0, 0.05) is 26.1 Å². The first-order valence-corrected chi connectivity index (χ1v) is 7.68. The molecule has 5 heteroatoms. The highest BCUT2D eigenvalue weighted by Crippen LogP contribution is 2.17. The van der Waals surface area contributed by atoms with E-state index in [4.69, 9.17) is 0 Å². The van der Waals surface area contributed by atoms with Crippen LogP contribution in [0.15, 0.2) is 0 Å². The molecule has 1 fully saturated rings. The summed E-state index contributed by atoms with van der Waals surface area (Å²) in [5.41, 5.74) is 0. The van der Waals surface area contributed by atoms with Crippen LogP contribution >= 0.6 is 0 Å². The van der Waals surface area contributed by atoms with Gasteiger partial charge in [-0.1, -0.05) is 25.7 Å². The average Bonchev–Trinajstić information content (AvgIpc) is 2.62. The predicted octanol–water partition coefficient (Wildman–Crippen LogP) is 1.24. The fourth-order valence-corrected chi connectivity index (χ4v) is 2.54. The molecule has 0 atom stereocenters. The van der Waals surface area contributed by atoms with Gasteiger partial charge in [0.1, 0.15) is 0 Å². The van der Waals surface area contributed by atoms with Crippen LogP contribution in [0.3, 0.4) is 0 Å². The largest absolute Gasteiger partial charge is 0.352 e. The summed E-state index contributed by atoms with van der Waals surface area (Å²) >= 11 is 0. The van der Waals surface area contributed by atoms with E-state index >= 15 is 0 Å². The third-order valence-corrected chi connectivity index (χ3v) is 3.82. The summed E-state index contributed by atoms with van der Waals surface area (Å²) in [5.74, 6) is -0.0614. The van der Waals surface area contributed by atoms with Crippen molar-refractivity contribution in [3.63, 3.8) is 0 Å². The summed E-state index contributed by atoms with van der Waals surface area (Å²) in [6, 6.07) is 0.299. The minimum atomic E-state index is -0.0390. The number of carbonyl (C=O) groups is 2. The maximum absolute atomic E-state index is 12.1. The Bertz CT molecular complexity index is 310. The molecule has 1 N–H and O–H groups in total. The summed E-state index contributed by atoms with van der Waals surface area (Å²) in [4.78, 5) is 27.3. The van der Waals surface area contributed by atoms with Crippen molar-refractivity contribution in [3.05, 3.63) is 0 Å². The molecule has 2 amide bonds. The lowest BCUT2D eigenvalue weighted by molar-refractivity contribution is -0.134. The Morgan fingerprint density at radius 3 is 2.15 bits per heavy atom. The molecule has 0 spiro atoms. The molecular weight excluding hydrogens is 254 g/mol. The second-order valence-corrected chi connectivity index (χ2v) is 6.00. The average molecular weight is 283 g/mol. The second kappa shape index (κ2) is 8.95. The van der Waals surface area contributed by atoms with E-state index in [2.05, 4.69) is 5.32 Å². The number of rotatable bonds is 6. The first-order valence-electron chi connectivity index (χ1n) is 7.68. The third-order valence-electron chi connectivity index (χ3n) is 3.82. The van der Waals surface area contributed by atoms with Crippen LogP contribution in [0.5, 0.6) is 0 Å². The SMILES string of the molecule is CC(=O)N(CCN(C)C)CC(=O)NC1CCCCCC1. The van der Waals surface area contributed by atoms with Gasteiger partial charge in [-0.15, -0.1) is 0 Å². The Morgan fingerprint density at radius 2 is 1.65 bits per heavy atom. The molecule has 0 heterocycles. The van der Waals surface area contributed by atoms with Gasteiger partial charge in [0.05, 0.1) is 6.54 Å². The lowest BCUT2D eigenvalue weighted by Gasteiger charge is -2.24. The van der Waals surface area contributed by atoms with Gasteiger partial charge in [0.25, 0.3) is 0 Å². The predicted molar refractivity (Wildman–Crippen MR) is 80.4 cm³/mol. The number of nitrogens with zero attached hydrogens (tertiary/aromatic N) is 2. The monoisotopic (exact) mass is 283 g/mol. The van der Waals surface area contributed by atoms with Crippen molar-refractivity contribution < 1.29 is 9.59 Å². The van der Waals surface area contributed by atoms with E-state index in [1.54, 1.807) is 4.90 Å². The lowest BCUT2D eigenvalue weighted by Crippen LogP contribution is -2.45. The van der Waals surface area contributed by atoms with Crippen molar-refractivity contribution in [1.29, 1.82) is 0 Å². The summed E-state index contributed by atoms with van der Waals surface area (Å²) in [5, 5.41) is 3.09. The number of nitrogens with one attached hydrogen (secondary N) is 1. The van der Waals surface area contributed by atoms with Crippen molar-refractivity contribution in [3.8, 4) is 0 Å². The van der Waals surface area contributed by atoms with Crippen LogP contribution in [0.1, 0.15) is 45.4 Å². The molecule has 1 saturated carbocycles. The highest BCUT2D eigenvalue weighted by molar-refractivity contribution is 5.83. The van der Waals surface area contributed by atoms with Crippen molar-refractivity contribution >= 4 is 11.8 Å². The summed E-state index contributed by atoms with van der Waals surface area (Å²) in [7, 11) is 3.92. The first kappa shape index (κ1) is 17.0. The van der Waals surface area contributed by atoms with E-state index in [-0.39, 0.29) is 18.4 Å². The quantitative estimate of drug-likeness (QED) is 0.746. The topological polar surface area (TPSA) is 52.7 Å². The number of hydrogen-bond donors (Lipinski definition) is 1. The van der Waals surface area contributed by atoms with E-state index in [0.717, 1.165) is 19.4 Å². The van der Waals surface area contributed by atoms with E-state index in [1.807, 2.05) is 19.0 Å². The molecule has 0 aromatic rings. The van der Waals surface area contributed by atoms with Gasteiger partial charge in [-0.3, -0.25) is 9.59 Å². The molecule has 1 rings (SSSR count). The molecule has 116 valence electrons. The van der Waals surface area contributed by atoms with Crippen LogP contribution in [0.25, 0.3) is 0 Å². The molecule has 0 unspecified atom stereocenters. The molecular formula is C15H29N3O2. The van der Waals surface area contributed by atoms with Crippen LogP contribution < -0.4 is 5.32 Å². The summed E-state index contributed by atoms with van der Waals surface area (Å²) in [6.07, 6.45) is 7.08. The van der Waals surface area contributed by atoms with Crippen molar-refractivity contribution in [2.45, 2.75) is 51.5 Å². The molecule has 5 nitrogen and oxygen atoms in total. The van der Waals surface area contributed by atoms with Gasteiger partial charge < -0.3 is 15.1 Å². The van der Waals surface area contributed by atoms with Crippen molar-refractivity contribution in [2.24, 2.45) is 0 Å². The fraction of sp³-hybridized carbons (Fsp3) is 0.867. The zero-order chi connectivity index (χ0) is 15.0. The van der Waals surface area contributed by atoms with E-state index < -0.39 is 0 Å². The van der Waals surface area contributed by atoms with Crippen LogP contribution in [-0.4, -0.2) is 61.4 Å². The Balaban J connectivity index is 2.38. The zero-order valence-corrected chi connectivity index (χ0v) is 13.2. The Morgan fingerprint density at radius 1 is 1.05 bits per heavy atom. The molecule has 0 aliphatic heterocycles. The number of amides is 2. The van der Waals surface area contributed by atoms with Crippen molar-refractivity contribution in [2.75, 3.05) is 33.7 Å². The van der Waals surface area contributed by atoms with Crippen LogP contribution in [0.2, 0.25) is 0 Å². The summed E-state index contributed by atoms with van der Waals surface area (Å²) in [6.45, 7) is 3.07.